The van der Waals surface area contributed by atoms with E-state index in [0.29, 0.717) is 90.8 Å². The first-order valence-electron chi connectivity index (χ1n) is 16.3. The second-order valence-corrected chi connectivity index (χ2v) is 11.9. The van der Waals surface area contributed by atoms with Crippen LogP contribution in [0.2, 0.25) is 0 Å². The number of aromatic nitrogens is 2. The Hall–Kier alpha value is -6.11. The van der Waals surface area contributed by atoms with Gasteiger partial charge in [0.05, 0.1) is 18.1 Å². The van der Waals surface area contributed by atoms with Gasteiger partial charge in [0, 0.05) is 49.5 Å². The first-order chi connectivity index (χ1) is 24.2. The van der Waals surface area contributed by atoms with Gasteiger partial charge in [-0.3, -0.25) is 14.6 Å². The molecule has 0 spiro atoms. The van der Waals surface area contributed by atoms with Gasteiger partial charge in [-0.15, -0.1) is 0 Å². The molecule has 0 saturated carbocycles. The van der Waals surface area contributed by atoms with Gasteiger partial charge in [-0.2, -0.15) is 0 Å². The minimum absolute atomic E-state index is 0.0304. The molecule has 1 aliphatic rings. The molecule has 1 aromatic heterocycles. The van der Waals surface area contributed by atoms with E-state index in [1.165, 1.54) is 12.1 Å². The number of halogens is 1. The van der Waals surface area contributed by atoms with Crippen molar-refractivity contribution < 1.29 is 23.5 Å². The lowest BCUT2D eigenvalue weighted by Crippen LogP contribution is -2.48. The van der Waals surface area contributed by atoms with Crippen LogP contribution in [0, 0.1) is 5.82 Å². The van der Waals surface area contributed by atoms with Crippen LogP contribution >= 0.6 is 0 Å². The maximum Gasteiger partial charge on any atom is 0.254 e. The highest BCUT2D eigenvalue weighted by Gasteiger charge is 2.27. The summed E-state index contributed by atoms with van der Waals surface area (Å²) >= 11 is 0. The molecule has 50 heavy (non-hydrogen) atoms. The van der Waals surface area contributed by atoms with E-state index >= 15 is 0 Å². The van der Waals surface area contributed by atoms with Gasteiger partial charge in [-0.1, -0.05) is 12.1 Å². The summed E-state index contributed by atoms with van der Waals surface area (Å²) in [5, 5.41) is 0. The van der Waals surface area contributed by atoms with E-state index in [-0.39, 0.29) is 17.7 Å². The Balaban J connectivity index is 1.31. The number of benzene rings is 4. The van der Waals surface area contributed by atoms with Crippen molar-refractivity contribution in [3.63, 3.8) is 0 Å². The summed E-state index contributed by atoms with van der Waals surface area (Å²) in [5.74, 6) is 1.40. The summed E-state index contributed by atoms with van der Waals surface area (Å²) in [7, 11) is 1.60. The van der Waals surface area contributed by atoms with Crippen LogP contribution < -0.4 is 31.6 Å². The molecule has 1 fully saturated rings. The number of anilines is 1. The summed E-state index contributed by atoms with van der Waals surface area (Å²) < 4.78 is 26.6. The summed E-state index contributed by atoms with van der Waals surface area (Å²) in [6.07, 6.45) is 0.845. The molecule has 0 unspecified atom stereocenters. The molecule has 0 bridgehead atoms. The number of hydrogen-bond acceptors (Lipinski definition) is 7. The third kappa shape index (κ3) is 7.62. The molecular formula is C37H39FN8O4. The zero-order chi connectivity index (χ0) is 35.2. The molecule has 6 N–H and O–H groups in total. The Morgan fingerprint density at radius 3 is 2.28 bits per heavy atom. The van der Waals surface area contributed by atoms with Crippen molar-refractivity contribution in [1.82, 2.24) is 14.5 Å². The van der Waals surface area contributed by atoms with Gasteiger partial charge in [-0.25, -0.2) is 9.37 Å². The Morgan fingerprint density at radius 1 is 0.880 bits per heavy atom. The molecular weight excluding hydrogens is 639 g/mol. The molecule has 1 atom stereocenters. The standard InChI is InChI=1S/C37H39FN8O4/c1-49-28-12-14-29(15-13-28)50-30-5-2-4-24(22-30)35-43-31-23-25(7-16-32(31)46(35)33(34(39)47)6-3-17-42-37(40)41)36(48)45-20-18-44(19-21-45)27-10-8-26(38)9-11-27/h2,4-5,7-16,22-23,33H,3,6,17-21H2,1H3,(H2,39,47)(H4,40,41,42)/t33-/m1/s1. The van der Waals surface area contributed by atoms with Crippen molar-refractivity contribution in [2.45, 2.75) is 18.9 Å². The van der Waals surface area contributed by atoms with Crippen LogP contribution in [0.3, 0.4) is 0 Å². The van der Waals surface area contributed by atoms with Gasteiger partial charge >= 0.3 is 0 Å². The first kappa shape index (κ1) is 33.8. The Labute approximate surface area is 288 Å². The number of aliphatic imine (C=N–C) groups is 1. The van der Waals surface area contributed by atoms with E-state index < -0.39 is 11.9 Å². The number of imidazole rings is 1. The van der Waals surface area contributed by atoms with Crippen molar-refractivity contribution in [2.75, 3.05) is 44.7 Å². The highest BCUT2D eigenvalue weighted by molar-refractivity contribution is 5.98. The zero-order valence-corrected chi connectivity index (χ0v) is 27.7. The van der Waals surface area contributed by atoms with E-state index in [9.17, 15) is 14.0 Å². The number of nitrogens with zero attached hydrogens (tertiary/aromatic N) is 5. The lowest BCUT2D eigenvalue weighted by molar-refractivity contribution is -0.121. The second kappa shape index (κ2) is 15.0. The molecule has 2 heterocycles. The third-order valence-corrected chi connectivity index (χ3v) is 8.65. The van der Waals surface area contributed by atoms with Crippen molar-refractivity contribution >= 4 is 34.5 Å². The fraction of sp³-hybridized carbons (Fsp3) is 0.243. The first-order valence-corrected chi connectivity index (χ1v) is 16.3. The summed E-state index contributed by atoms with van der Waals surface area (Å²) in [4.78, 5) is 39.7. The summed E-state index contributed by atoms with van der Waals surface area (Å²) in [6.45, 7) is 2.58. The van der Waals surface area contributed by atoms with Crippen molar-refractivity contribution in [3.05, 3.63) is 102 Å². The number of amides is 2. The van der Waals surface area contributed by atoms with E-state index in [0.717, 1.165) is 5.69 Å². The molecule has 13 heteroatoms. The number of hydrogen-bond donors (Lipinski definition) is 3. The van der Waals surface area contributed by atoms with E-state index in [1.807, 2.05) is 53.1 Å². The van der Waals surface area contributed by atoms with Crippen LogP contribution in [0.5, 0.6) is 17.2 Å². The molecule has 12 nitrogen and oxygen atoms in total. The average Bonchev–Trinajstić information content (AvgIpc) is 3.50. The minimum atomic E-state index is -0.781. The largest absolute Gasteiger partial charge is 0.497 e. The molecule has 258 valence electrons. The predicted octanol–water partition coefficient (Wildman–Crippen LogP) is 4.69. The van der Waals surface area contributed by atoms with Gasteiger partial charge < -0.3 is 41.0 Å². The maximum atomic E-state index is 13.7. The van der Waals surface area contributed by atoms with Crippen LogP contribution in [0.25, 0.3) is 22.4 Å². The van der Waals surface area contributed by atoms with Crippen molar-refractivity contribution in [3.8, 4) is 28.6 Å². The number of carbonyl (C=O) groups excluding carboxylic acids is 2. The number of piperazine rings is 1. The Bertz CT molecular complexity index is 2000. The number of fused-ring (bicyclic) bond motifs is 1. The van der Waals surface area contributed by atoms with Crippen LogP contribution in [0.1, 0.15) is 29.2 Å². The number of rotatable bonds is 12. The molecule has 0 radical (unpaired) electrons. The van der Waals surface area contributed by atoms with Crippen molar-refractivity contribution in [1.29, 1.82) is 0 Å². The van der Waals surface area contributed by atoms with E-state index in [4.69, 9.17) is 31.7 Å². The Morgan fingerprint density at radius 2 is 1.60 bits per heavy atom. The van der Waals surface area contributed by atoms with Gasteiger partial charge in [0.1, 0.15) is 34.9 Å². The number of guanidine groups is 1. The lowest BCUT2D eigenvalue weighted by atomic mass is 10.1. The average molecular weight is 679 g/mol. The predicted molar refractivity (Wildman–Crippen MR) is 191 cm³/mol. The number of carbonyl (C=O) groups is 2. The van der Waals surface area contributed by atoms with Crippen molar-refractivity contribution in [2.24, 2.45) is 22.2 Å². The van der Waals surface area contributed by atoms with Crippen LogP contribution in [0.4, 0.5) is 10.1 Å². The molecule has 6 rings (SSSR count). The lowest BCUT2D eigenvalue weighted by Gasteiger charge is -2.36. The Kier molecular flexibility index (Phi) is 10.1. The monoisotopic (exact) mass is 678 g/mol. The molecule has 2 amide bonds. The number of methoxy groups -OCH3 is 1. The molecule has 0 aliphatic carbocycles. The fourth-order valence-electron chi connectivity index (χ4n) is 6.12. The summed E-state index contributed by atoms with van der Waals surface area (Å²) in [6, 6.07) is 25.5. The van der Waals surface area contributed by atoms with Crippen LogP contribution in [-0.4, -0.2) is 72.1 Å². The summed E-state index contributed by atoms with van der Waals surface area (Å²) in [5.41, 5.74) is 20.3. The molecule has 1 aliphatic heterocycles. The molecule has 4 aromatic carbocycles. The topological polar surface area (TPSA) is 167 Å². The smallest absolute Gasteiger partial charge is 0.254 e. The van der Waals surface area contributed by atoms with E-state index in [1.54, 1.807) is 42.3 Å². The molecule has 1 saturated heterocycles. The van der Waals surface area contributed by atoms with Crippen LogP contribution in [-0.2, 0) is 4.79 Å². The SMILES string of the molecule is COc1ccc(Oc2cccc(-c3nc4cc(C(=O)N5CCN(c6ccc(F)cc6)CC5)ccc4n3[C@H](CCCN=C(N)N)C(N)=O)c2)cc1. The minimum Gasteiger partial charge on any atom is -0.497 e. The van der Waals surface area contributed by atoms with E-state index in [2.05, 4.69) is 9.89 Å². The number of ether oxygens (including phenoxy) is 2. The number of primary amides is 1. The highest BCUT2D eigenvalue weighted by atomic mass is 19.1. The maximum absolute atomic E-state index is 13.7. The quantitative estimate of drug-likeness (QED) is 0.0971. The third-order valence-electron chi connectivity index (χ3n) is 8.65. The van der Waals surface area contributed by atoms with Gasteiger partial charge in [0.25, 0.3) is 5.91 Å². The second-order valence-electron chi connectivity index (χ2n) is 11.9. The van der Waals surface area contributed by atoms with Crippen LogP contribution in [0.15, 0.2) is 96.0 Å². The molecule has 5 aromatic rings. The number of nitrogens with two attached hydrogens (primary N) is 3. The fourth-order valence-corrected chi connectivity index (χ4v) is 6.12. The van der Waals surface area contributed by atoms with Gasteiger partial charge in [0.15, 0.2) is 5.96 Å². The van der Waals surface area contributed by atoms with Gasteiger partial charge in [-0.05, 0) is 91.7 Å². The highest BCUT2D eigenvalue weighted by Crippen LogP contribution is 2.34. The van der Waals surface area contributed by atoms with Gasteiger partial charge in [0.2, 0.25) is 5.91 Å². The zero-order valence-electron chi connectivity index (χ0n) is 27.7. The normalized spacial score (nSPS) is 13.6.